The summed E-state index contributed by atoms with van der Waals surface area (Å²) in [6, 6.07) is 4.52. The van der Waals surface area contributed by atoms with E-state index in [1.165, 1.54) is 95.6 Å². The van der Waals surface area contributed by atoms with Crippen molar-refractivity contribution < 1.29 is 17.7 Å². The summed E-state index contributed by atoms with van der Waals surface area (Å²) in [4.78, 5) is 0.155. The molecule has 1 rings (SSSR count). The summed E-state index contributed by atoms with van der Waals surface area (Å²) in [7, 11) is -3.77. The van der Waals surface area contributed by atoms with E-state index in [9.17, 15) is 13.5 Å². The van der Waals surface area contributed by atoms with Gasteiger partial charge in [-0.1, -0.05) is 117 Å². The first-order valence-corrected chi connectivity index (χ1v) is 15.1. The molecule has 194 valence electrons. The zero-order chi connectivity index (χ0) is 24.2. The molecule has 0 fully saturated rings. The van der Waals surface area contributed by atoms with Gasteiger partial charge in [0.25, 0.3) is 10.1 Å². The number of phenols is 1. The number of aryl methyl sites for hydroxylation is 1. The molecule has 0 amide bonds. The monoisotopic (exact) mass is 506 g/mol. The second kappa shape index (κ2) is 22.2. The predicted molar refractivity (Wildman–Crippen MR) is 147 cm³/mol. The van der Waals surface area contributed by atoms with E-state index in [-0.39, 0.29) is 46.8 Å². The molecular formula is C28H51NaO4S. The third-order valence-corrected chi connectivity index (χ3v) is 7.68. The van der Waals surface area contributed by atoms with Gasteiger partial charge in [0.05, 0.1) is 11.5 Å². The summed E-state index contributed by atoms with van der Waals surface area (Å²) < 4.78 is 30.4. The molecule has 0 saturated heterocycles. The fourth-order valence-corrected chi connectivity index (χ4v) is 5.19. The van der Waals surface area contributed by atoms with Gasteiger partial charge in [0.15, 0.2) is 0 Å². The molecule has 0 saturated carbocycles. The van der Waals surface area contributed by atoms with Crippen LogP contribution in [0.25, 0.3) is 0 Å². The van der Waals surface area contributed by atoms with Gasteiger partial charge in [0.1, 0.15) is 5.75 Å². The molecule has 0 aliphatic carbocycles. The fourth-order valence-electron chi connectivity index (χ4n) is 4.19. The molecule has 4 nitrogen and oxygen atoms in total. The Labute approximate surface area is 233 Å². The Bertz CT molecular complexity index is 706. The van der Waals surface area contributed by atoms with Gasteiger partial charge >= 0.3 is 29.6 Å². The molecule has 34 heavy (non-hydrogen) atoms. The van der Waals surface area contributed by atoms with E-state index in [0.717, 1.165) is 32.1 Å². The summed E-state index contributed by atoms with van der Waals surface area (Å²) in [6.45, 7) is 4.69. The topological polar surface area (TPSA) is 63.6 Å². The number of unbranched alkanes of at least 4 members (excludes halogenated alkanes) is 16. The number of hydrogen-bond donors (Lipinski definition) is 1. The minimum absolute atomic E-state index is 0. The van der Waals surface area contributed by atoms with Crippen molar-refractivity contribution in [3.63, 3.8) is 0 Å². The third-order valence-electron chi connectivity index (χ3n) is 6.38. The van der Waals surface area contributed by atoms with Gasteiger partial charge in [0.2, 0.25) is 0 Å². The Morgan fingerprint density at radius 1 is 0.676 bits per heavy atom. The Kier molecular flexibility index (Phi) is 22.1. The average molecular weight is 507 g/mol. The van der Waals surface area contributed by atoms with E-state index < -0.39 is 10.1 Å². The van der Waals surface area contributed by atoms with Crippen molar-refractivity contribution in [1.82, 2.24) is 0 Å². The first-order chi connectivity index (χ1) is 16.0. The van der Waals surface area contributed by atoms with E-state index >= 15 is 0 Å². The molecule has 0 unspecified atom stereocenters. The van der Waals surface area contributed by atoms with Crippen LogP contribution in [0.2, 0.25) is 0 Å². The molecule has 0 heterocycles. The zero-order valence-corrected chi connectivity index (χ0v) is 22.3. The SMILES string of the molecule is CCCCCCCCCCCCOS(=O)(=O)c1ccc(O)c(CCCCCCCCCC)c1.[NaH]. The molecular weight excluding hydrogens is 455 g/mol. The number of phenolic OH excluding ortho intramolecular Hbond substituents is 1. The Morgan fingerprint density at radius 3 is 1.62 bits per heavy atom. The van der Waals surface area contributed by atoms with Crippen molar-refractivity contribution in [3.8, 4) is 5.75 Å². The van der Waals surface area contributed by atoms with Gasteiger partial charge < -0.3 is 5.11 Å². The van der Waals surface area contributed by atoms with Crippen LogP contribution in [0, 0.1) is 0 Å². The average Bonchev–Trinajstić information content (AvgIpc) is 2.80. The van der Waals surface area contributed by atoms with Crippen molar-refractivity contribution in [2.45, 2.75) is 141 Å². The summed E-state index contributed by atoms with van der Waals surface area (Å²) >= 11 is 0. The quantitative estimate of drug-likeness (QED) is 0.0981. The van der Waals surface area contributed by atoms with Gasteiger partial charge in [0, 0.05) is 0 Å². The Morgan fingerprint density at radius 2 is 1.12 bits per heavy atom. The first-order valence-electron chi connectivity index (χ1n) is 13.7. The van der Waals surface area contributed by atoms with Crippen molar-refractivity contribution in [1.29, 1.82) is 0 Å². The van der Waals surface area contributed by atoms with E-state index in [2.05, 4.69) is 13.8 Å². The van der Waals surface area contributed by atoms with E-state index in [1.54, 1.807) is 6.07 Å². The fraction of sp³-hybridized carbons (Fsp3) is 0.786. The normalized spacial score (nSPS) is 11.5. The van der Waals surface area contributed by atoms with Crippen LogP contribution in [0.15, 0.2) is 23.1 Å². The van der Waals surface area contributed by atoms with Crippen LogP contribution in [0.1, 0.15) is 135 Å². The van der Waals surface area contributed by atoms with E-state index in [1.807, 2.05) is 0 Å². The van der Waals surface area contributed by atoms with Gasteiger partial charge in [-0.15, -0.1) is 0 Å². The van der Waals surface area contributed by atoms with Crippen LogP contribution in [0.3, 0.4) is 0 Å². The maximum atomic E-state index is 12.6. The minimum atomic E-state index is -3.77. The molecule has 0 aliphatic rings. The molecule has 1 N–H and O–H groups in total. The summed E-state index contributed by atoms with van der Waals surface area (Å²) in [5, 5.41) is 10.1. The molecule has 0 radical (unpaired) electrons. The van der Waals surface area contributed by atoms with Crippen molar-refractivity contribution >= 4 is 39.7 Å². The van der Waals surface area contributed by atoms with Crippen molar-refractivity contribution in [2.75, 3.05) is 6.61 Å². The summed E-state index contributed by atoms with van der Waals surface area (Å²) in [6.07, 6.45) is 22.4. The second-order valence-corrected chi connectivity index (χ2v) is 11.1. The zero-order valence-electron chi connectivity index (χ0n) is 21.5. The van der Waals surface area contributed by atoms with E-state index in [0.29, 0.717) is 12.0 Å². The molecule has 0 aliphatic heterocycles. The van der Waals surface area contributed by atoms with Crippen LogP contribution < -0.4 is 0 Å². The molecule has 6 heteroatoms. The predicted octanol–water partition coefficient (Wildman–Crippen LogP) is 8.05. The molecule has 0 atom stereocenters. The summed E-state index contributed by atoms with van der Waals surface area (Å²) in [5.41, 5.74) is 0.699. The van der Waals surface area contributed by atoms with Crippen LogP contribution in [-0.2, 0) is 20.7 Å². The number of aromatic hydroxyl groups is 1. The van der Waals surface area contributed by atoms with Crippen molar-refractivity contribution in [2.24, 2.45) is 0 Å². The summed E-state index contributed by atoms with van der Waals surface area (Å²) in [5.74, 6) is 0.173. The Balaban J connectivity index is 0.0000109. The van der Waals surface area contributed by atoms with Crippen molar-refractivity contribution in [3.05, 3.63) is 23.8 Å². The van der Waals surface area contributed by atoms with Gasteiger partial charge in [-0.3, -0.25) is 4.18 Å². The second-order valence-electron chi connectivity index (χ2n) is 9.47. The van der Waals surface area contributed by atoms with Gasteiger partial charge in [-0.05, 0) is 43.0 Å². The first kappa shape index (κ1) is 33.9. The number of rotatable bonds is 22. The van der Waals surface area contributed by atoms with Gasteiger partial charge in [-0.25, -0.2) is 0 Å². The molecule has 1 aromatic rings. The Hall–Kier alpha value is -0.0700. The molecule has 0 aromatic heterocycles. The number of hydrogen-bond acceptors (Lipinski definition) is 4. The van der Waals surface area contributed by atoms with Crippen LogP contribution in [-0.4, -0.2) is 49.7 Å². The molecule has 1 aromatic carbocycles. The van der Waals surface area contributed by atoms with E-state index in [4.69, 9.17) is 4.18 Å². The maximum absolute atomic E-state index is 12.6. The van der Waals surface area contributed by atoms with Gasteiger partial charge in [-0.2, -0.15) is 8.42 Å². The molecule has 0 bridgehead atoms. The number of benzene rings is 1. The molecule has 0 spiro atoms. The van der Waals surface area contributed by atoms with Crippen LogP contribution in [0.4, 0.5) is 0 Å². The van der Waals surface area contributed by atoms with Crippen LogP contribution in [0.5, 0.6) is 5.75 Å². The van der Waals surface area contributed by atoms with Crippen LogP contribution >= 0.6 is 0 Å². The third kappa shape index (κ3) is 16.6. The standard InChI is InChI=1S/C28H50O4S.Na.H/c1-3-5-7-9-11-13-14-16-18-20-24-32-33(30,31)27-22-23-28(29)26(25-27)21-19-17-15-12-10-8-6-4-2;;/h22-23,25,29H,3-21,24H2,1-2H3;;.